The number of benzene rings is 1. The summed E-state index contributed by atoms with van der Waals surface area (Å²) in [6, 6.07) is 5.71. The van der Waals surface area contributed by atoms with E-state index in [0.29, 0.717) is 23.9 Å². The molecule has 0 spiro atoms. The third-order valence-electron chi connectivity index (χ3n) is 5.51. The Balaban J connectivity index is 1.86. The number of hydrogen-bond donors (Lipinski definition) is 3. The lowest BCUT2D eigenvalue weighted by atomic mass is 9.87. The molecule has 0 aliphatic heterocycles. The van der Waals surface area contributed by atoms with E-state index in [1.54, 1.807) is 18.3 Å². The maximum atomic E-state index is 13.1. The lowest BCUT2D eigenvalue weighted by Crippen LogP contribution is -2.33. The molecule has 1 aromatic carbocycles. The van der Waals surface area contributed by atoms with E-state index in [4.69, 9.17) is 0 Å². The summed E-state index contributed by atoms with van der Waals surface area (Å²) in [7, 11) is 2.63. The second kappa shape index (κ2) is 9.84. The normalized spacial score (nSPS) is 20.0. The Hall–Kier alpha value is -2.46. The molecule has 1 aliphatic rings. The summed E-state index contributed by atoms with van der Waals surface area (Å²) < 4.78 is 0. The number of allylic oxidation sites excluding steroid dienone is 1. The molecule has 2 aromatic rings. The molecule has 1 aromatic heterocycles. The minimum absolute atomic E-state index is 0.182. The number of aromatic nitrogens is 2. The van der Waals surface area contributed by atoms with Gasteiger partial charge in [-0.2, -0.15) is 0 Å². The van der Waals surface area contributed by atoms with Gasteiger partial charge in [0.1, 0.15) is 5.75 Å². The van der Waals surface area contributed by atoms with Crippen molar-refractivity contribution in [2.75, 3.05) is 5.32 Å². The molecule has 3 N–H and O–H groups in total. The predicted octanol–water partition coefficient (Wildman–Crippen LogP) is 3.31. The van der Waals surface area contributed by atoms with Crippen molar-refractivity contribution in [1.82, 2.24) is 15.3 Å². The average Bonchev–Trinajstić information content (AvgIpc) is 2.70. The number of nitrogens with zero attached hydrogens (tertiary/aromatic N) is 2. The van der Waals surface area contributed by atoms with Gasteiger partial charge in [0, 0.05) is 41.7 Å². The highest BCUT2D eigenvalue weighted by atomic mass is 31.0. The van der Waals surface area contributed by atoms with Crippen molar-refractivity contribution in [3.05, 3.63) is 53.6 Å². The molecule has 1 saturated carbocycles. The van der Waals surface area contributed by atoms with Crippen molar-refractivity contribution in [2.45, 2.75) is 52.0 Å². The van der Waals surface area contributed by atoms with Gasteiger partial charge in [-0.25, -0.2) is 4.98 Å². The maximum Gasteiger partial charge on any atom is 0.254 e. The van der Waals surface area contributed by atoms with Gasteiger partial charge >= 0.3 is 0 Å². The van der Waals surface area contributed by atoms with Crippen LogP contribution >= 0.6 is 9.24 Å². The Morgan fingerprint density at radius 3 is 2.66 bits per heavy atom. The SMILES string of the molecule is C/C(NC1CCC(C)CC1)=C(/Cc1c(O)cccc1P)C(=O)Nc1cnccn1. The van der Waals surface area contributed by atoms with E-state index in [-0.39, 0.29) is 11.7 Å². The molecule has 0 saturated heterocycles. The van der Waals surface area contributed by atoms with Gasteiger partial charge in [0.2, 0.25) is 0 Å². The summed E-state index contributed by atoms with van der Waals surface area (Å²) in [6.07, 6.45) is 9.53. The van der Waals surface area contributed by atoms with Gasteiger partial charge in [-0.15, -0.1) is 9.24 Å². The highest BCUT2D eigenvalue weighted by Crippen LogP contribution is 2.26. The predicted molar refractivity (Wildman–Crippen MR) is 119 cm³/mol. The smallest absolute Gasteiger partial charge is 0.254 e. The fourth-order valence-electron chi connectivity index (χ4n) is 3.70. The van der Waals surface area contributed by atoms with Gasteiger partial charge in [-0.1, -0.05) is 19.1 Å². The van der Waals surface area contributed by atoms with E-state index >= 15 is 0 Å². The van der Waals surface area contributed by atoms with Gasteiger partial charge in [-0.05, 0) is 49.9 Å². The van der Waals surface area contributed by atoms with Crippen LogP contribution < -0.4 is 15.9 Å². The van der Waals surface area contributed by atoms with Crippen LogP contribution in [-0.2, 0) is 11.2 Å². The Morgan fingerprint density at radius 1 is 1.24 bits per heavy atom. The van der Waals surface area contributed by atoms with Crippen LogP contribution in [0.3, 0.4) is 0 Å². The van der Waals surface area contributed by atoms with Gasteiger partial charge in [0.25, 0.3) is 5.91 Å². The lowest BCUT2D eigenvalue weighted by Gasteiger charge is -2.29. The molecular formula is C22H29N4O2P. The van der Waals surface area contributed by atoms with Crippen LogP contribution in [-0.4, -0.2) is 27.0 Å². The molecular weight excluding hydrogens is 383 g/mol. The molecule has 154 valence electrons. The monoisotopic (exact) mass is 412 g/mol. The molecule has 1 amide bonds. The largest absolute Gasteiger partial charge is 0.508 e. The van der Waals surface area contributed by atoms with Gasteiger partial charge in [0.05, 0.1) is 6.20 Å². The molecule has 7 heteroatoms. The van der Waals surface area contributed by atoms with Crippen molar-refractivity contribution in [3.8, 4) is 5.75 Å². The maximum absolute atomic E-state index is 13.1. The van der Waals surface area contributed by atoms with Crippen LogP contribution in [0.2, 0.25) is 0 Å². The van der Waals surface area contributed by atoms with Crippen molar-refractivity contribution in [3.63, 3.8) is 0 Å². The number of rotatable bonds is 6. The summed E-state index contributed by atoms with van der Waals surface area (Å²) >= 11 is 0. The first kappa shape index (κ1) is 21.3. The molecule has 1 fully saturated rings. The molecule has 1 heterocycles. The van der Waals surface area contributed by atoms with E-state index in [1.807, 2.05) is 13.0 Å². The van der Waals surface area contributed by atoms with Crippen molar-refractivity contribution in [2.24, 2.45) is 5.92 Å². The summed E-state index contributed by atoms with van der Waals surface area (Å²) in [6.45, 7) is 4.23. The van der Waals surface area contributed by atoms with Gasteiger partial charge in [-0.3, -0.25) is 9.78 Å². The fourth-order valence-corrected chi connectivity index (χ4v) is 4.06. The highest BCUT2D eigenvalue weighted by molar-refractivity contribution is 7.27. The number of anilines is 1. The van der Waals surface area contributed by atoms with E-state index in [1.165, 1.54) is 25.2 Å². The van der Waals surface area contributed by atoms with E-state index in [2.05, 4.69) is 36.8 Å². The molecule has 0 bridgehead atoms. The number of amides is 1. The molecule has 0 radical (unpaired) electrons. The average molecular weight is 412 g/mol. The minimum Gasteiger partial charge on any atom is -0.508 e. The first-order valence-electron chi connectivity index (χ1n) is 10.0. The zero-order valence-corrected chi connectivity index (χ0v) is 18.1. The number of hydrogen-bond acceptors (Lipinski definition) is 5. The van der Waals surface area contributed by atoms with Crippen LogP contribution in [0.4, 0.5) is 5.82 Å². The minimum atomic E-state index is -0.243. The summed E-state index contributed by atoms with van der Waals surface area (Å²) in [5.41, 5.74) is 2.14. The third-order valence-corrected chi connectivity index (χ3v) is 6.05. The molecule has 3 rings (SSSR count). The Labute approximate surface area is 174 Å². The van der Waals surface area contributed by atoms with Gasteiger partial charge < -0.3 is 15.7 Å². The Bertz CT molecular complexity index is 857. The van der Waals surface area contributed by atoms with Crippen molar-refractivity contribution in [1.29, 1.82) is 0 Å². The van der Waals surface area contributed by atoms with Gasteiger partial charge in [0.15, 0.2) is 5.82 Å². The molecule has 1 unspecified atom stereocenters. The zero-order chi connectivity index (χ0) is 20.8. The number of phenolic OH excluding ortho intramolecular Hbond substituents is 1. The highest BCUT2D eigenvalue weighted by Gasteiger charge is 2.22. The number of phenols is 1. The second-order valence-electron chi connectivity index (χ2n) is 7.77. The Kier molecular flexibility index (Phi) is 7.21. The molecule has 6 nitrogen and oxygen atoms in total. The van der Waals surface area contributed by atoms with Crippen LogP contribution in [0.5, 0.6) is 5.75 Å². The summed E-state index contributed by atoms with van der Waals surface area (Å²) in [5.74, 6) is 1.10. The van der Waals surface area contributed by atoms with E-state index < -0.39 is 0 Å². The Morgan fingerprint density at radius 2 is 2.00 bits per heavy atom. The number of carbonyl (C=O) groups excluding carboxylic acids is 1. The fraction of sp³-hybridized carbons (Fsp3) is 0.409. The van der Waals surface area contributed by atoms with Crippen molar-refractivity contribution >= 4 is 26.3 Å². The first-order valence-corrected chi connectivity index (χ1v) is 10.6. The van der Waals surface area contributed by atoms with E-state index in [0.717, 1.165) is 35.3 Å². The summed E-state index contributed by atoms with van der Waals surface area (Å²) in [5, 5.41) is 17.6. The zero-order valence-electron chi connectivity index (χ0n) is 17.0. The lowest BCUT2D eigenvalue weighted by molar-refractivity contribution is -0.113. The molecule has 29 heavy (non-hydrogen) atoms. The first-order chi connectivity index (χ1) is 13.9. The van der Waals surface area contributed by atoms with Crippen molar-refractivity contribution < 1.29 is 9.90 Å². The van der Waals surface area contributed by atoms with Crippen LogP contribution in [0.1, 0.15) is 45.1 Å². The molecule has 1 atom stereocenters. The van der Waals surface area contributed by atoms with Crippen LogP contribution in [0, 0.1) is 5.92 Å². The molecule has 1 aliphatic carbocycles. The van der Waals surface area contributed by atoms with Crippen LogP contribution in [0.25, 0.3) is 0 Å². The topological polar surface area (TPSA) is 87.1 Å². The standard InChI is InChI=1S/C22H29N4O2P/c1-14-6-8-16(9-7-14)25-15(2)17(12-18-19(27)4-3-5-20(18)29)22(28)26-21-13-23-10-11-24-21/h3-5,10-11,13-14,16,25,27H,6-9,12,29H2,1-2H3,(H,24,26,28)/b17-15+. The number of nitrogens with one attached hydrogen (secondary N) is 2. The second-order valence-corrected chi connectivity index (χ2v) is 8.39. The number of carbonyl (C=O) groups is 1. The quantitative estimate of drug-likeness (QED) is 0.501. The summed E-state index contributed by atoms with van der Waals surface area (Å²) in [4.78, 5) is 21.2. The number of aromatic hydroxyl groups is 1. The van der Waals surface area contributed by atoms with Crippen LogP contribution in [0.15, 0.2) is 48.1 Å². The van der Waals surface area contributed by atoms with E-state index in [9.17, 15) is 9.90 Å². The third kappa shape index (κ3) is 5.77.